The van der Waals surface area contributed by atoms with Crippen molar-refractivity contribution in [2.24, 2.45) is 5.73 Å². The Morgan fingerprint density at radius 2 is 1.88 bits per heavy atom. The van der Waals surface area contributed by atoms with E-state index in [1.54, 1.807) is 17.0 Å². The van der Waals surface area contributed by atoms with Crippen LogP contribution in [0.15, 0.2) is 23.1 Å². The summed E-state index contributed by atoms with van der Waals surface area (Å²) in [5.74, 6) is -0.312. The fraction of sp³-hybridized carbons (Fsp3) is 0.588. The highest BCUT2D eigenvalue weighted by Crippen LogP contribution is 2.26. The molecule has 1 fully saturated rings. The molecule has 1 saturated heterocycles. The van der Waals surface area contributed by atoms with Gasteiger partial charge >= 0.3 is 0 Å². The van der Waals surface area contributed by atoms with Gasteiger partial charge < -0.3 is 15.7 Å². The van der Waals surface area contributed by atoms with E-state index in [2.05, 4.69) is 0 Å². The van der Waals surface area contributed by atoms with E-state index in [9.17, 15) is 18.3 Å². The average molecular weight is 367 g/mol. The summed E-state index contributed by atoms with van der Waals surface area (Å²) in [6.07, 6.45) is 1.51. The number of nitrogens with zero attached hydrogens (tertiary/aromatic N) is 2. The molecule has 3 rings (SSSR count). The highest BCUT2D eigenvalue weighted by Gasteiger charge is 2.30. The average Bonchev–Trinajstić information content (AvgIpc) is 3.14. The second-order valence-electron chi connectivity index (χ2n) is 6.82. The second kappa shape index (κ2) is 7.03. The van der Waals surface area contributed by atoms with Crippen LogP contribution in [0.4, 0.5) is 0 Å². The number of nitrogens with two attached hydrogens (primary N) is 1. The molecule has 0 spiro atoms. The van der Waals surface area contributed by atoms with Gasteiger partial charge in [-0.05, 0) is 49.4 Å². The zero-order valence-corrected chi connectivity index (χ0v) is 15.2. The van der Waals surface area contributed by atoms with Crippen molar-refractivity contribution >= 4 is 15.9 Å². The topological polar surface area (TPSA) is 104 Å². The van der Waals surface area contributed by atoms with Crippen molar-refractivity contribution in [3.8, 4) is 0 Å². The van der Waals surface area contributed by atoms with E-state index < -0.39 is 22.2 Å². The maximum atomic E-state index is 12.7. The van der Waals surface area contributed by atoms with Crippen molar-refractivity contribution in [3.05, 3.63) is 29.3 Å². The van der Waals surface area contributed by atoms with Gasteiger partial charge in [-0.1, -0.05) is 6.07 Å². The largest absolute Gasteiger partial charge is 0.391 e. The van der Waals surface area contributed by atoms with Crippen LogP contribution in [0.3, 0.4) is 0 Å². The van der Waals surface area contributed by atoms with E-state index in [1.807, 2.05) is 6.07 Å². The van der Waals surface area contributed by atoms with Gasteiger partial charge in [0.2, 0.25) is 15.9 Å². The van der Waals surface area contributed by atoms with E-state index in [4.69, 9.17) is 5.73 Å². The lowest BCUT2D eigenvalue weighted by Gasteiger charge is -2.32. The number of carbonyl (C=O) groups is 1. The predicted octanol–water partition coefficient (Wildman–Crippen LogP) is 0.0639. The first kappa shape index (κ1) is 18.3. The van der Waals surface area contributed by atoms with Gasteiger partial charge in [0.25, 0.3) is 0 Å². The number of hydrogen-bond acceptors (Lipinski definition) is 5. The zero-order chi connectivity index (χ0) is 18.2. The normalized spacial score (nSPS) is 21.0. The summed E-state index contributed by atoms with van der Waals surface area (Å²) in [5.41, 5.74) is 7.63. The number of hydrogen-bond donors (Lipinski definition) is 2. The molecular weight excluding hydrogens is 342 g/mol. The molecule has 1 amide bonds. The maximum Gasteiger partial charge on any atom is 0.243 e. The molecule has 0 aromatic heterocycles. The van der Waals surface area contributed by atoms with Crippen molar-refractivity contribution in [3.63, 3.8) is 0 Å². The molecule has 0 bridgehead atoms. The van der Waals surface area contributed by atoms with Crippen LogP contribution in [-0.4, -0.2) is 60.4 Å². The molecule has 2 atom stereocenters. The first-order valence-corrected chi connectivity index (χ1v) is 10.1. The summed E-state index contributed by atoms with van der Waals surface area (Å²) in [7, 11) is -3.47. The van der Waals surface area contributed by atoms with Crippen LogP contribution < -0.4 is 5.73 Å². The van der Waals surface area contributed by atoms with Crippen molar-refractivity contribution in [2.45, 2.75) is 49.8 Å². The molecule has 0 radical (unpaired) electrons. The number of fused-ring (bicyclic) bond motifs is 1. The second-order valence-corrected chi connectivity index (χ2v) is 8.76. The standard InChI is InChI=1S/C17H25N3O4S/c1-12(21)16(18)17(22)19-9-6-13-4-5-15(10-14(13)11-19)25(23,24)20-7-2-3-8-20/h4-5,10,12,16,21H,2-3,6-9,11,18H2,1H3/t12-,16+/m1/s1. The highest BCUT2D eigenvalue weighted by molar-refractivity contribution is 7.89. The van der Waals surface area contributed by atoms with E-state index >= 15 is 0 Å². The third-order valence-corrected chi connectivity index (χ3v) is 6.90. The molecule has 25 heavy (non-hydrogen) atoms. The van der Waals surface area contributed by atoms with E-state index in [-0.39, 0.29) is 10.8 Å². The Balaban J connectivity index is 1.83. The Hall–Kier alpha value is -1.48. The van der Waals surface area contributed by atoms with Gasteiger partial charge in [0.05, 0.1) is 11.0 Å². The molecule has 3 N–H and O–H groups in total. The number of aliphatic hydroxyl groups is 1. The van der Waals surface area contributed by atoms with Gasteiger partial charge in [0.15, 0.2) is 0 Å². The molecule has 138 valence electrons. The fourth-order valence-electron chi connectivity index (χ4n) is 3.38. The van der Waals surface area contributed by atoms with Gasteiger partial charge in [-0.3, -0.25) is 4.79 Å². The van der Waals surface area contributed by atoms with Gasteiger partial charge in [-0.15, -0.1) is 0 Å². The Bertz CT molecular complexity index is 757. The summed E-state index contributed by atoms with van der Waals surface area (Å²) < 4.78 is 27.0. The van der Waals surface area contributed by atoms with Crippen LogP contribution in [-0.2, 0) is 27.8 Å². The van der Waals surface area contributed by atoms with Crippen LogP contribution in [0.5, 0.6) is 0 Å². The number of rotatable bonds is 4. The molecule has 0 unspecified atom stereocenters. The molecular formula is C17H25N3O4S. The summed E-state index contributed by atoms with van der Waals surface area (Å²) in [5, 5.41) is 9.53. The van der Waals surface area contributed by atoms with Gasteiger partial charge in [0.1, 0.15) is 6.04 Å². The molecule has 1 aromatic carbocycles. The van der Waals surface area contributed by atoms with Crippen molar-refractivity contribution < 1.29 is 18.3 Å². The van der Waals surface area contributed by atoms with Crippen LogP contribution >= 0.6 is 0 Å². The Labute approximate surface area is 148 Å². The zero-order valence-electron chi connectivity index (χ0n) is 14.4. The Morgan fingerprint density at radius 1 is 1.20 bits per heavy atom. The maximum absolute atomic E-state index is 12.7. The van der Waals surface area contributed by atoms with Crippen LogP contribution in [0.25, 0.3) is 0 Å². The van der Waals surface area contributed by atoms with E-state index in [1.165, 1.54) is 11.2 Å². The fourth-order valence-corrected chi connectivity index (χ4v) is 4.94. The van der Waals surface area contributed by atoms with Crippen LogP contribution in [0.2, 0.25) is 0 Å². The summed E-state index contributed by atoms with van der Waals surface area (Å²) in [6, 6.07) is 4.22. The van der Waals surface area contributed by atoms with Gasteiger partial charge in [0, 0.05) is 26.2 Å². The minimum atomic E-state index is -3.47. The molecule has 0 saturated carbocycles. The molecule has 0 aliphatic carbocycles. The lowest BCUT2D eigenvalue weighted by Crippen LogP contribution is -2.50. The van der Waals surface area contributed by atoms with E-state index in [0.29, 0.717) is 32.6 Å². The molecule has 2 aliphatic rings. The summed E-state index contributed by atoms with van der Waals surface area (Å²) in [6.45, 7) is 3.45. The Kier molecular flexibility index (Phi) is 5.15. The van der Waals surface area contributed by atoms with Crippen molar-refractivity contribution in [2.75, 3.05) is 19.6 Å². The van der Waals surface area contributed by atoms with Crippen LogP contribution in [0.1, 0.15) is 30.9 Å². The number of benzene rings is 1. The summed E-state index contributed by atoms with van der Waals surface area (Å²) >= 11 is 0. The first-order valence-electron chi connectivity index (χ1n) is 8.65. The smallest absolute Gasteiger partial charge is 0.243 e. The molecule has 8 heteroatoms. The number of amides is 1. The predicted molar refractivity (Wildman–Crippen MR) is 93.2 cm³/mol. The Morgan fingerprint density at radius 3 is 2.52 bits per heavy atom. The molecule has 7 nitrogen and oxygen atoms in total. The quantitative estimate of drug-likeness (QED) is 0.783. The first-order chi connectivity index (χ1) is 11.8. The number of aliphatic hydroxyl groups excluding tert-OH is 1. The van der Waals surface area contributed by atoms with Crippen molar-refractivity contribution in [1.29, 1.82) is 0 Å². The minimum Gasteiger partial charge on any atom is -0.391 e. The van der Waals surface area contributed by atoms with Crippen molar-refractivity contribution in [1.82, 2.24) is 9.21 Å². The third-order valence-electron chi connectivity index (χ3n) is 5.01. The molecule has 1 aromatic rings. The van der Waals surface area contributed by atoms with Crippen LogP contribution in [0, 0.1) is 0 Å². The molecule has 2 heterocycles. The van der Waals surface area contributed by atoms with E-state index in [0.717, 1.165) is 24.0 Å². The van der Waals surface area contributed by atoms with Gasteiger partial charge in [-0.2, -0.15) is 4.31 Å². The monoisotopic (exact) mass is 367 g/mol. The summed E-state index contributed by atoms with van der Waals surface area (Å²) in [4.78, 5) is 14.2. The highest BCUT2D eigenvalue weighted by atomic mass is 32.2. The third kappa shape index (κ3) is 3.57. The number of sulfonamides is 1. The SMILES string of the molecule is C[C@@H](O)[C@H](N)C(=O)N1CCc2ccc(S(=O)(=O)N3CCCC3)cc2C1. The lowest BCUT2D eigenvalue weighted by molar-refractivity contribution is -0.135. The van der Waals surface area contributed by atoms with Gasteiger partial charge in [-0.25, -0.2) is 8.42 Å². The number of carbonyl (C=O) groups excluding carboxylic acids is 1. The molecule has 2 aliphatic heterocycles. The minimum absolute atomic E-state index is 0.280. The lowest BCUT2D eigenvalue weighted by atomic mass is 9.99.